The molecule has 0 heterocycles. The van der Waals surface area contributed by atoms with Gasteiger partial charge in [0, 0.05) is 12.2 Å². The third-order valence-corrected chi connectivity index (χ3v) is 3.50. The van der Waals surface area contributed by atoms with Gasteiger partial charge in [0.15, 0.2) is 0 Å². The first-order valence-corrected chi connectivity index (χ1v) is 7.09. The fourth-order valence-electron chi connectivity index (χ4n) is 2.10. The minimum atomic E-state index is -1.06. The Morgan fingerprint density at radius 1 is 1.26 bits per heavy atom. The number of carbonyl (C=O) groups is 2. The van der Waals surface area contributed by atoms with Crippen molar-refractivity contribution in [2.45, 2.75) is 13.0 Å². The van der Waals surface area contributed by atoms with Gasteiger partial charge in [0.1, 0.15) is 5.82 Å². The molecule has 0 aliphatic heterocycles. The van der Waals surface area contributed by atoms with Crippen molar-refractivity contribution in [2.24, 2.45) is 5.73 Å². The van der Waals surface area contributed by atoms with Crippen LogP contribution in [0.2, 0.25) is 5.02 Å². The predicted octanol–water partition coefficient (Wildman–Crippen LogP) is 2.82. The number of rotatable bonds is 5. The molecule has 2 aromatic carbocycles. The van der Waals surface area contributed by atoms with Gasteiger partial charge in [0.05, 0.1) is 17.0 Å². The lowest BCUT2D eigenvalue weighted by Crippen LogP contribution is -2.17. The zero-order chi connectivity index (χ0) is 17.0. The SMILES string of the molecule is NCc1ccc(NC(=O)c2c(F)cccc2Cl)c(CC(=O)O)c1. The summed E-state index contributed by atoms with van der Waals surface area (Å²) in [5.41, 5.74) is 6.61. The Kier molecular flexibility index (Phi) is 5.31. The molecule has 7 heteroatoms. The Labute approximate surface area is 136 Å². The van der Waals surface area contributed by atoms with Crippen LogP contribution in [0.25, 0.3) is 0 Å². The van der Waals surface area contributed by atoms with Gasteiger partial charge >= 0.3 is 5.97 Å². The lowest BCUT2D eigenvalue weighted by atomic mass is 10.0. The van der Waals surface area contributed by atoms with Gasteiger partial charge < -0.3 is 16.2 Å². The van der Waals surface area contributed by atoms with E-state index in [1.54, 1.807) is 12.1 Å². The van der Waals surface area contributed by atoms with Crippen LogP contribution in [0.4, 0.5) is 10.1 Å². The lowest BCUT2D eigenvalue weighted by molar-refractivity contribution is -0.136. The van der Waals surface area contributed by atoms with Crippen molar-refractivity contribution in [3.8, 4) is 0 Å². The van der Waals surface area contributed by atoms with E-state index in [1.165, 1.54) is 18.2 Å². The molecule has 2 rings (SSSR count). The van der Waals surface area contributed by atoms with Crippen LogP contribution in [0.15, 0.2) is 36.4 Å². The fraction of sp³-hybridized carbons (Fsp3) is 0.125. The van der Waals surface area contributed by atoms with E-state index in [0.29, 0.717) is 5.56 Å². The summed E-state index contributed by atoms with van der Waals surface area (Å²) < 4.78 is 13.8. The number of nitrogens with one attached hydrogen (secondary N) is 1. The summed E-state index contributed by atoms with van der Waals surface area (Å²) >= 11 is 5.85. The normalized spacial score (nSPS) is 10.4. The lowest BCUT2D eigenvalue weighted by Gasteiger charge is -2.12. The zero-order valence-electron chi connectivity index (χ0n) is 12.0. The molecule has 23 heavy (non-hydrogen) atoms. The highest BCUT2D eigenvalue weighted by Gasteiger charge is 2.18. The van der Waals surface area contributed by atoms with Crippen molar-refractivity contribution < 1.29 is 19.1 Å². The van der Waals surface area contributed by atoms with E-state index in [1.807, 2.05) is 0 Å². The van der Waals surface area contributed by atoms with Crippen LogP contribution < -0.4 is 11.1 Å². The molecule has 0 aromatic heterocycles. The molecule has 0 bridgehead atoms. The number of benzene rings is 2. The predicted molar refractivity (Wildman–Crippen MR) is 85.0 cm³/mol. The molecule has 0 saturated carbocycles. The van der Waals surface area contributed by atoms with Crippen LogP contribution in [0.5, 0.6) is 0 Å². The molecule has 0 saturated heterocycles. The summed E-state index contributed by atoms with van der Waals surface area (Å²) in [6.07, 6.45) is -0.297. The number of hydrogen-bond acceptors (Lipinski definition) is 3. The van der Waals surface area contributed by atoms with Gasteiger partial charge in [-0.2, -0.15) is 0 Å². The van der Waals surface area contributed by atoms with E-state index >= 15 is 0 Å². The van der Waals surface area contributed by atoms with Crippen molar-refractivity contribution in [1.29, 1.82) is 0 Å². The van der Waals surface area contributed by atoms with E-state index in [4.69, 9.17) is 22.4 Å². The molecule has 0 unspecified atom stereocenters. The second-order valence-electron chi connectivity index (χ2n) is 4.82. The molecule has 0 atom stereocenters. The Hall–Kier alpha value is -2.44. The van der Waals surface area contributed by atoms with Gasteiger partial charge in [0.25, 0.3) is 5.91 Å². The van der Waals surface area contributed by atoms with Crippen molar-refractivity contribution in [1.82, 2.24) is 0 Å². The van der Waals surface area contributed by atoms with Gasteiger partial charge in [-0.15, -0.1) is 0 Å². The smallest absolute Gasteiger partial charge is 0.307 e. The zero-order valence-corrected chi connectivity index (χ0v) is 12.7. The number of carboxylic acids is 1. The molecule has 0 aliphatic carbocycles. The maximum atomic E-state index is 13.8. The molecule has 120 valence electrons. The van der Waals surface area contributed by atoms with Crippen molar-refractivity contribution in [3.05, 3.63) is 63.9 Å². The molecule has 2 aromatic rings. The molecule has 0 spiro atoms. The molecule has 0 fully saturated rings. The summed E-state index contributed by atoms with van der Waals surface area (Å²) in [7, 11) is 0. The Bertz CT molecular complexity index is 745. The average molecular weight is 337 g/mol. The molecule has 4 N–H and O–H groups in total. The van der Waals surface area contributed by atoms with Crippen molar-refractivity contribution >= 4 is 29.2 Å². The number of aliphatic carboxylic acids is 1. The van der Waals surface area contributed by atoms with Crippen LogP contribution >= 0.6 is 11.6 Å². The number of carboxylic acid groups (broad SMARTS) is 1. The van der Waals surface area contributed by atoms with Gasteiger partial charge in [-0.3, -0.25) is 9.59 Å². The number of hydrogen-bond donors (Lipinski definition) is 3. The second kappa shape index (κ2) is 7.21. The Morgan fingerprint density at radius 3 is 2.61 bits per heavy atom. The van der Waals surface area contributed by atoms with E-state index < -0.39 is 17.7 Å². The van der Waals surface area contributed by atoms with E-state index in [-0.39, 0.29) is 29.2 Å². The maximum absolute atomic E-state index is 13.8. The fourth-order valence-corrected chi connectivity index (χ4v) is 2.35. The van der Waals surface area contributed by atoms with Crippen LogP contribution in [0.1, 0.15) is 21.5 Å². The average Bonchev–Trinajstić information content (AvgIpc) is 2.48. The summed E-state index contributed by atoms with van der Waals surface area (Å²) in [5.74, 6) is -2.56. The van der Waals surface area contributed by atoms with Gasteiger partial charge in [-0.25, -0.2) is 4.39 Å². The molecular formula is C16H14ClFN2O3. The highest BCUT2D eigenvalue weighted by molar-refractivity contribution is 6.34. The van der Waals surface area contributed by atoms with E-state index in [0.717, 1.165) is 11.6 Å². The molecule has 1 amide bonds. The summed E-state index contributed by atoms with van der Waals surface area (Å²) in [6.45, 7) is 0.236. The summed E-state index contributed by atoms with van der Waals surface area (Å²) in [6, 6.07) is 8.69. The van der Waals surface area contributed by atoms with Crippen LogP contribution in [-0.4, -0.2) is 17.0 Å². The van der Waals surface area contributed by atoms with Crippen molar-refractivity contribution in [3.63, 3.8) is 0 Å². The Balaban J connectivity index is 2.35. The number of amides is 1. The minimum absolute atomic E-state index is 0.0270. The maximum Gasteiger partial charge on any atom is 0.307 e. The number of halogens is 2. The van der Waals surface area contributed by atoms with E-state index in [9.17, 15) is 14.0 Å². The summed E-state index contributed by atoms with van der Waals surface area (Å²) in [5, 5.41) is 11.4. The monoisotopic (exact) mass is 336 g/mol. The number of nitrogens with two attached hydrogens (primary N) is 1. The highest BCUT2D eigenvalue weighted by atomic mass is 35.5. The van der Waals surface area contributed by atoms with Gasteiger partial charge in [-0.05, 0) is 29.3 Å². The number of carbonyl (C=O) groups excluding carboxylic acids is 1. The molecule has 5 nitrogen and oxygen atoms in total. The number of anilines is 1. The third-order valence-electron chi connectivity index (χ3n) is 3.19. The van der Waals surface area contributed by atoms with Crippen LogP contribution in [0.3, 0.4) is 0 Å². The minimum Gasteiger partial charge on any atom is -0.481 e. The van der Waals surface area contributed by atoms with Gasteiger partial charge in [-0.1, -0.05) is 29.8 Å². The first kappa shape index (κ1) is 16.9. The molecule has 0 radical (unpaired) electrons. The highest BCUT2D eigenvalue weighted by Crippen LogP contribution is 2.23. The van der Waals surface area contributed by atoms with Crippen LogP contribution in [-0.2, 0) is 17.8 Å². The topological polar surface area (TPSA) is 92.4 Å². The van der Waals surface area contributed by atoms with Crippen molar-refractivity contribution in [2.75, 3.05) is 5.32 Å². The first-order valence-electron chi connectivity index (χ1n) is 6.71. The van der Waals surface area contributed by atoms with E-state index in [2.05, 4.69) is 5.32 Å². The quantitative estimate of drug-likeness (QED) is 0.782. The standard InChI is InChI=1S/C16H14ClFN2O3/c17-11-2-1-3-12(18)15(11)16(23)20-13-5-4-9(8-19)6-10(13)7-14(21)22/h1-6H,7-8,19H2,(H,20,23)(H,21,22). The third kappa shape index (κ3) is 4.06. The van der Waals surface area contributed by atoms with Crippen LogP contribution in [0, 0.1) is 5.82 Å². The second-order valence-corrected chi connectivity index (χ2v) is 5.22. The van der Waals surface area contributed by atoms with Gasteiger partial charge in [0.2, 0.25) is 0 Å². The first-order chi connectivity index (χ1) is 10.9. The Morgan fingerprint density at radius 2 is 2.00 bits per heavy atom. The molecular weight excluding hydrogens is 323 g/mol. The molecule has 0 aliphatic rings. The summed E-state index contributed by atoms with van der Waals surface area (Å²) in [4.78, 5) is 23.2. The largest absolute Gasteiger partial charge is 0.481 e.